The molecular weight excluding hydrogens is 277 g/mol. The molecule has 0 atom stereocenters. The summed E-state index contributed by atoms with van der Waals surface area (Å²) in [6.45, 7) is 3.95. The number of rotatable bonds is 3. The summed E-state index contributed by atoms with van der Waals surface area (Å²) in [6.07, 6.45) is 0.731. The maximum Gasteiger partial charge on any atom is 0.134 e. The van der Waals surface area contributed by atoms with Crippen LogP contribution in [-0.2, 0) is 6.42 Å². The zero-order chi connectivity index (χ0) is 11.6. The van der Waals surface area contributed by atoms with E-state index in [-0.39, 0.29) is 5.54 Å². The Bertz CT molecular complexity index is 360. The molecule has 0 spiro atoms. The van der Waals surface area contributed by atoms with Crippen molar-refractivity contribution in [3.8, 4) is 5.75 Å². The summed E-state index contributed by atoms with van der Waals surface area (Å²) in [5.41, 5.74) is 6.71. The fraction of sp³-hybridized carbons (Fsp3) is 0.455. The van der Waals surface area contributed by atoms with E-state index in [1.807, 2.05) is 19.9 Å². The Labute approximate surface area is 104 Å². The van der Waals surface area contributed by atoms with Crippen LogP contribution in [0.1, 0.15) is 19.4 Å². The summed E-state index contributed by atoms with van der Waals surface area (Å²) in [4.78, 5) is 0. The Kier molecular flexibility index (Phi) is 4.04. The van der Waals surface area contributed by atoms with Gasteiger partial charge in [-0.1, -0.05) is 11.6 Å². The van der Waals surface area contributed by atoms with Gasteiger partial charge in [-0.2, -0.15) is 0 Å². The average molecular weight is 293 g/mol. The predicted octanol–water partition coefficient (Wildman–Crippen LogP) is 3.39. The van der Waals surface area contributed by atoms with E-state index in [0.29, 0.717) is 5.02 Å². The van der Waals surface area contributed by atoms with Gasteiger partial charge in [0.1, 0.15) is 5.75 Å². The summed E-state index contributed by atoms with van der Waals surface area (Å²) in [7, 11) is 1.61. The number of nitrogens with two attached hydrogens (primary N) is 1. The van der Waals surface area contributed by atoms with Crippen LogP contribution in [0.2, 0.25) is 5.02 Å². The first-order valence-electron chi connectivity index (χ1n) is 4.64. The molecule has 0 unspecified atom stereocenters. The highest BCUT2D eigenvalue weighted by atomic mass is 79.9. The van der Waals surface area contributed by atoms with Crippen molar-refractivity contribution in [2.24, 2.45) is 5.73 Å². The molecular formula is C11H15BrClNO. The summed E-state index contributed by atoms with van der Waals surface area (Å²) >= 11 is 9.55. The Morgan fingerprint density at radius 1 is 1.47 bits per heavy atom. The highest BCUT2D eigenvalue weighted by Crippen LogP contribution is 2.32. The van der Waals surface area contributed by atoms with Gasteiger partial charge in [0.15, 0.2) is 0 Å². The molecule has 0 aliphatic carbocycles. The fourth-order valence-electron chi connectivity index (χ4n) is 1.35. The van der Waals surface area contributed by atoms with Gasteiger partial charge in [0.25, 0.3) is 0 Å². The molecule has 0 saturated heterocycles. The molecule has 1 aromatic rings. The van der Waals surface area contributed by atoms with Crippen LogP contribution in [0.5, 0.6) is 5.75 Å². The second-order valence-corrected chi connectivity index (χ2v) is 5.51. The monoisotopic (exact) mass is 291 g/mol. The largest absolute Gasteiger partial charge is 0.496 e. The van der Waals surface area contributed by atoms with Gasteiger partial charge >= 0.3 is 0 Å². The average Bonchev–Trinajstić information content (AvgIpc) is 2.08. The van der Waals surface area contributed by atoms with Crippen LogP contribution in [0.25, 0.3) is 0 Å². The maximum absolute atomic E-state index is 6.13. The smallest absolute Gasteiger partial charge is 0.134 e. The van der Waals surface area contributed by atoms with E-state index in [4.69, 9.17) is 22.1 Å². The predicted molar refractivity (Wildman–Crippen MR) is 67.7 cm³/mol. The van der Waals surface area contributed by atoms with Crippen LogP contribution < -0.4 is 10.5 Å². The second-order valence-electron chi connectivity index (χ2n) is 4.24. The molecule has 0 aromatic heterocycles. The molecule has 2 nitrogen and oxygen atoms in total. The third-order valence-electron chi connectivity index (χ3n) is 1.97. The van der Waals surface area contributed by atoms with Crippen LogP contribution in [-0.4, -0.2) is 12.6 Å². The van der Waals surface area contributed by atoms with Gasteiger partial charge < -0.3 is 10.5 Å². The number of halogens is 2. The molecule has 0 aliphatic rings. The summed E-state index contributed by atoms with van der Waals surface area (Å²) in [6, 6.07) is 3.75. The molecule has 84 valence electrons. The van der Waals surface area contributed by atoms with Crippen molar-refractivity contribution < 1.29 is 4.74 Å². The molecule has 15 heavy (non-hydrogen) atoms. The molecule has 0 aliphatic heterocycles. The molecule has 1 aromatic carbocycles. The SMILES string of the molecule is COc1cc(Cl)c(CC(C)(C)N)cc1Br. The standard InChI is InChI=1S/C11H15BrClNO/c1-11(2,14)6-7-4-8(12)10(15-3)5-9(7)13/h4-5H,6,14H2,1-3H3. The number of hydrogen-bond donors (Lipinski definition) is 1. The van der Waals surface area contributed by atoms with E-state index in [9.17, 15) is 0 Å². The van der Waals surface area contributed by atoms with Gasteiger partial charge in [0.2, 0.25) is 0 Å². The lowest BCUT2D eigenvalue weighted by molar-refractivity contribution is 0.411. The number of methoxy groups -OCH3 is 1. The van der Waals surface area contributed by atoms with Gasteiger partial charge in [-0.25, -0.2) is 0 Å². The van der Waals surface area contributed by atoms with Crippen LogP contribution in [0.3, 0.4) is 0 Å². The number of hydrogen-bond acceptors (Lipinski definition) is 2. The topological polar surface area (TPSA) is 35.2 Å². The molecule has 0 bridgehead atoms. The zero-order valence-corrected chi connectivity index (χ0v) is 11.4. The van der Waals surface area contributed by atoms with E-state index in [0.717, 1.165) is 22.2 Å². The van der Waals surface area contributed by atoms with E-state index in [2.05, 4.69) is 15.9 Å². The van der Waals surface area contributed by atoms with Gasteiger partial charge in [-0.3, -0.25) is 0 Å². The van der Waals surface area contributed by atoms with Crippen molar-refractivity contribution in [1.82, 2.24) is 0 Å². The summed E-state index contributed by atoms with van der Waals surface area (Å²) < 4.78 is 6.05. The van der Waals surface area contributed by atoms with Gasteiger partial charge in [0, 0.05) is 16.6 Å². The molecule has 4 heteroatoms. The van der Waals surface area contributed by atoms with Crippen LogP contribution in [0.4, 0.5) is 0 Å². The Morgan fingerprint density at radius 2 is 2.07 bits per heavy atom. The Hall–Kier alpha value is -0.250. The lowest BCUT2D eigenvalue weighted by atomic mass is 9.96. The number of ether oxygens (including phenoxy) is 1. The van der Waals surface area contributed by atoms with E-state index in [1.54, 1.807) is 13.2 Å². The van der Waals surface area contributed by atoms with Gasteiger partial charge in [-0.05, 0) is 47.8 Å². The summed E-state index contributed by atoms with van der Waals surface area (Å²) in [5.74, 6) is 0.735. The van der Waals surface area contributed by atoms with E-state index < -0.39 is 0 Å². The lowest BCUT2D eigenvalue weighted by Crippen LogP contribution is -2.34. The minimum Gasteiger partial charge on any atom is -0.496 e. The van der Waals surface area contributed by atoms with Crippen molar-refractivity contribution in [3.05, 3.63) is 27.2 Å². The first kappa shape index (κ1) is 12.8. The van der Waals surface area contributed by atoms with Crippen molar-refractivity contribution in [2.45, 2.75) is 25.8 Å². The zero-order valence-electron chi connectivity index (χ0n) is 9.10. The van der Waals surface area contributed by atoms with Crippen LogP contribution in [0.15, 0.2) is 16.6 Å². The highest BCUT2D eigenvalue weighted by Gasteiger charge is 2.15. The second kappa shape index (κ2) is 4.73. The first-order chi connectivity index (χ1) is 6.83. The third kappa shape index (κ3) is 3.67. The molecule has 1 rings (SSSR count). The van der Waals surface area contributed by atoms with Crippen molar-refractivity contribution in [2.75, 3.05) is 7.11 Å². The minimum absolute atomic E-state index is 0.266. The minimum atomic E-state index is -0.266. The maximum atomic E-state index is 6.13. The van der Waals surface area contributed by atoms with E-state index >= 15 is 0 Å². The van der Waals surface area contributed by atoms with E-state index in [1.165, 1.54) is 0 Å². The number of benzene rings is 1. The molecule has 0 radical (unpaired) electrons. The molecule has 0 fully saturated rings. The first-order valence-corrected chi connectivity index (χ1v) is 5.81. The summed E-state index contributed by atoms with van der Waals surface area (Å²) in [5, 5.41) is 0.688. The Balaban J connectivity index is 3.05. The lowest BCUT2D eigenvalue weighted by Gasteiger charge is -2.19. The van der Waals surface area contributed by atoms with Crippen molar-refractivity contribution in [3.63, 3.8) is 0 Å². The molecule has 0 amide bonds. The van der Waals surface area contributed by atoms with Crippen molar-refractivity contribution in [1.29, 1.82) is 0 Å². The quantitative estimate of drug-likeness (QED) is 0.927. The van der Waals surface area contributed by atoms with Gasteiger partial charge in [-0.15, -0.1) is 0 Å². The molecule has 0 saturated carbocycles. The Morgan fingerprint density at radius 3 is 2.53 bits per heavy atom. The van der Waals surface area contributed by atoms with Crippen LogP contribution in [0, 0.1) is 0 Å². The highest BCUT2D eigenvalue weighted by molar-refractivity contribution is 9.10. The third-order valence-corrected chi connectivity index (χ3v) is 2.94. The van der Waals surface area contributed by atoms with Crippen LogP contribution >= 0.6 is 27.5 Å². The fourth-order valence-corrected chi connectivity index (χ4v) is 2.13. The van der Waals surface area contributed by atoms with Crippen molar-refractivity contribution >= 4 is 27.5 Å². The molecule has 2 N–H and O–H groups in total. The molecule has 0 heterocycles. The normalized spacial score (nSPS) is 11.6. The van der Waals surface area contributed by atoms with Gasteiger partial charge in [0.05, 0.1) is 11.6 Å².